The van der Waals surface area contributed by atoms with Crippen molar-refractivity contribution < 1.29 is 13.5 Å². The maximum atomic E-state index is 13.5. The molecule has 1 N–H and O–H groups in total. The van der Waals surface area contributed by atoms with E-state index in [-0.39, 0.29) is 6.61 Å². The van der Waals surface area contributed by atoms with E-state index in [2.05, 4.69) is 16.3 Å². The smallest absolute Gasteiger partial charge is 0.278 e. The molecule has 2 heterocycles. The Hall–Kier alpha value is -2.24. The Balaban J connectivity index is 1.59. The molecule has 0 bridgehead atoms. The van der Waals surface area contributed by atoms with Crippen LogP contribution in [0, 0.1) is 6.01 Å². The minimum atomic E-state index is -0.648. The van der Waals surface area contributed by atoms with Crippen molar-refractivity contribution in [3.8, 4) is 5.75 Å². The van der Waals surface area contributed by atoms with Crippen LogP contribution in [0.25, 0.3) is 11.0 Å². The average Bonchev–Trinajstić information content (AvgIpc) is 3.05. The van der Waals surface area contributed by atoms with Crippen LogP contribution < -0.4 is 15.0 Å². The normalized spacial score (nSPS) is 14.9. The quantitative estimate of drug-likeness (QED) is 0.756. The van der Waals surface area contributed by atoms with E-state index >= 15 is 0 Å². The number of nitrogens with zero attached hydrogens (tertiary/aromatic N) is 1. The Labute approximate surface area is 150 Å². The first-order chi connectivity index (χ1) is 12.2. The number of benzene rings is 2. The van der Waals surface area contributed by atoms with E-state index in [1.165, 1.54) is 6.07 Å². The number of furan rings is 1. The predicted octanol–water partition coefficient (Wildman–Crippen LogP) is 4.21. The molecule has 0 aliphatic carbocycles. The van der Waals surface area contributed by atoms with Gasteiger partial charge in [0.2, 0.25) is 0 Å². The van der Waals surface area contributed by atoms with E-state index < -0.39 is 6.01 Å². The molecular formula is C19H18ClFN2O2. The molecule has 4 nitrogen and oxygen atoms in total. The van der Waals surface area contributed by atoms with Gasteiger partial charge in [-0.05, 0) is 18.2 Å². The lowest BCUT2D eigenvalue weighted by atomic mass is 10.1. The van der Waals surface area contributed by atoms with Crippen LogP contribution in [0.2, 0.25) is 5.02 Å². The van der Waals surface area contributed by atoms with Crippen molar-refractivity contribution in [3.63, 3.8) is 0 Å². The lowest BCUT2D eigenvalue weighted by Crippen LogP contribution is -2.43. The molecule has 1 aliphatic heterocycles. The minimum absolute atomic E-state index is 0.281. The zero-order valence-electron chi connectivity index (χ0n) is 13.6. The average molecular weight is 361 g/mol. The van der Waals surface area contributed by atoms with Crippen molar-refractivity contribution in [1.29, 1.82) is 0 Å². The summed E-state index contributed by atoms with van der Waals surface area (Å²) in [6, 6.07) is 12.2. The number of halogens is 2. The summed E-state index contributed by atoms with van der Waals surface area (Å²) < 4.78 is 24.7. The van der Waals surface area contributed by atoms with E-state index in [9.17, 15) is 4.39 Å². The van der Waals surface area contributed by atoms with Gasteiger partial charge in [-0.3, -0.25) is 0 Å². The van der Waals surface area contributed by atoms with Gasteiger partial charge in [0.25, 0.3) is 6.01 Å². The van der Waals surface area contributed by atoms with Crippen LogP contribution >= 0.6 is 11.6 Å². The summed E-state index contributed by atoms with van der Waals surface area (Å²) in [6.45, 7) is 4.07. The Morgan fingerprint density at radius 3 is 2.80 bits per heavy atom. The van der Waals surface area contributed by atoms with Gasteiger partial charge in [0.1, 0.15) is 17.9 Å². The maximum Gasteiger partial charge on any atom is 0.278 e. The molecule has 0 radical (unpaired) electrons. The number of para-hydroxylation sites is 2. The van der Waals surface area contributed by atoms with E-state index in [1.807, 2.05) is 18.2 Å². The van der Waals surface area contributed by atoms with Crippen molar-refractivity contribution in [3.05, 3.63) is 59.1 Å². The molecule has 25 heavy (non-hydrogen) atoms. The first kappa shape index (κ1) is 16.2. The molecule has 3 aromatic rings. The van der Waals surface area contributed by atoms with Crippen LogP contribution in [0.3, 0.4) is 0 Å². The van der Waals surface area contributed by atoms with Gasteiger partial charge in [0.15, 0.2) is 0 Å². The Morgan fingerprint density at radius 2 is 1.96 bits per heavy atom. The van der Waals surface area contributed by atoms with Gasteiger partial charge in [0.05, 0.1) is 10.7 Å². The first-order valence-corrected chi connectivity index (χ1v) is 8.64. The highest BCUT2D eigenvalue weighted by molar-refractivity contribution is 6.35. The number of hydrogen-bond acceptors (Lipinski definition) is 4. The number of anilines is 1. The van der Waals surface area contributed by atoms with E-state index in [0.29, 0.717) is 16.0 Å². The second kappa shape index (κ2) is 6.94. The number of piperazine rings is 1. The van der Waals surface area contributed by atoms with Gasteiger partial charge in [-0.15, -0.1) is 0 Å². The third kappa shape index (κ3) is 3.30. The lowest BCUT2D eigenvalue weighted by Gasteiger charge is -2.30. The first-order valence-electron chi connectivity index (χ1n) is 8.26. The molecule has 0 spiro atoms. The summed E-state index contributed by atoms with van der Waals surface area (Å²) >= 11 is 6.11. The second-order valence-electron chi connectivity index (χ2n) is 5.99. The van der Waals surface area contributed by atoms with E-state index in [0.717, 1.165) is 43.2 Å². The van der Waals surface area contributed by atoms with Crippen LogP contribution in [-0.2, 0) is 6.61 Å². The molecule has 0 unspecified atom stereocenters. The van der Waals surface area contributed by atoms with Gasteiger partial charge in [-0.25, -0.2) is 0 Å². The fourth-order valence-corrected chi connectivity index (χ4v) is 3.33. The highest BCUT2D eigenvalue weighted by Crippen LogP contribution is 2.32. The molecule has 0 amide bonds. The van der Waals surface area contributed by atoms with Crippen molar-refractivity contribution >= 4 is 28.3 Å². The zero-order chi connectivity index (χ0) is 17.2. The molecule has 130 valence electrons. The Morgan fingerprint density at radius 1 is 1.16 bits per heavy atom. The topological polar surface area (TPSA) is 37.6 Å². The molecule has 0 atom stereocenters. The van der Waals surface area contributed by atoms with Crippen molar-refractivity contribution in [2.45, 2.75) is 6.61 Å². The second-order valence-corrected chi connectivity index (χ2v) is 6.40. The third-order valence-corrected chi connectivity index (χ3v) is 4.72. The molecule has 1 saturated heterocycles. The molecule has 1 aliphatic rings. The van der Waals surface area contributed by atoms with Gasteiger partial charge >= 0.3 is 0 Å². The Bertz CT molecular complexity index is 890. The van der Waals surface area contributed by atoms with Crippen LogP contribution in [0.15, 0.2) is 46.9 Å². The van der Waals surface area contributed by atoms with Gasteiger partial charge in [0, 0.05) is 43.2 Å². The highest BCUT2D eigenvalue weighted by atomic mass is 35.5. The summed E-state index contributed by atoms with van der Waals surface area (Å²) in [5.41, 5.74) is 2.27. The summed E-state index contributed by atoms with van der Waals surface area (Å²) in [4.78, 5) is 2.30. The summed E-state index contributed by atoms with van der Waals surface area (Å²) in [5.74, 6) is 0.805. The lowest BCUT2D eigenvalue weighted by molar-refractivity contribution is 0.303. The van der Waals surface area contributed by atoms with Gasteiger partial charge < -0.3 is 19.4 Å². The maximum absolute atomic E-state index is 13.5. The van der Waals surface area contributed by atoms with Crippen LogP contribution in [0.5, 0.6) is 5.75 Å². The van der Waals surface area contributed by atoms with E-state index in [1.54, 1.807) is 12.1 Å². The zero-order valence-corrected chi connectivity index (χ0v) is 14.4. The van der Waals surface area contributed by atoms with Gasteiger partial charge in [-0.2, -0.15) is 4.39 Å². The number of fused-ring (bicyclic) bond motifs is 1. The Kier molecular flexibility index (Phi) is 4.51. The molecule has 1 fully saturated rings. The molecule has 4 rings (SSSR count). The summed E-state index contributed by atoms with van der Waals surface area (Å²) in [7, 11) is 0. The van der Waals surface area contributed by atoms with E-state index in [4.69, 9.17) is 20.8 Å². The summed E-state index contributed by atoms with van der Waals surface area (Å²) in [6.07, 6.45) is 0. The number of nitrogens with one attached hydrogen (secondary N) is 1. The molecular weight excluding hydrogens is 343 g/mol. The summed E-state index contributed by atoms with van der Waals surface area (Å²) in [5, 5.41) is 4.38. The van der Waals surface area contributed by atoms with Crippen LogP contribution in [0.4, 0.5) is 10.1 Å². The minimum Gasteiger partial charge on any atom is -0.487 e. The number of hydrogen-bond donors (Lipinski definition) is 1. The predicted molar refractivity (Wildman–Crippen MR) is 97.0 cm³/mol. The fraction of sp³-hybridized carbons (Fsp3) is 0.263. The fourth-order valence-electron chi connectivity index (χ4n) is 3.13. The van der Waals surface area contributed by atoms with Gasteiger partial charge in [-0.1, -0.05) is 29.8 Å². The molecule has 1 aromatic heterocycles. The number of ether oxygens (including phenoxy) is 1. The number of rotatable bonds is 4. The van der Waals surface area contributed by atoms with Crippen molar-refractivity contribution in [2.24, 2.45) is 0 Å². The van der Waals surface area contributed by atoms with Crippen LogP contribution in [0.1, 0.15) is 5.56 Å². The highest BCUT2D eigenvalue weighted by Gasteiger charge is 2.16. The largest absolute Gasteiger partial charge is 0.487 e. The molecule has 6 heteroatoms. The monoisotopic (exact) mass is 360 g/mol. The standard InChI is InChI=1S/C19H18ClFN2O2/c20-15-6-5-13(19-14(15)11-18(21)25-19)12-24-17-4-2-1-3-16(17)23-9-7-22-8-10-23/h1-6,11,22H,7-10,12H2. The molecule has 2 aromatic carbocycles. The van der Waals surface area contributed by atoms with Crippen LogP contribution in [-0.4, -0.2) is 26.2 Å². The van der Waals surface area contributed by atoms with Crippen molar-refractivity contribution in [2.75, 3.05) is 31.1 Å². The third-order valence-electron chi connectivity index (χ3n) is 4.39. The SMILES string of the molecule is Fc1cc2c(Cl)ccc(COc3ccccc3N3CCNCC3)c2o1. The van der Waals surface area contributed by atoms with Crippen molar-refractivity contribution in [1.82, 2.24) is 5.32 Å². The molecule has 0 saturated carbocycles.